The smallest absolute Gasteiger partial charge is 0.137 e. The molecule has 0 amide bonds. The summed E-state index contributed by atoms with van der Waals surface area (Å²) in [4.78, 5) is 4.88. The zero-order chi connectivity index (χ0) is 15.7. The molecule has 2 aromatic heterocycles. The molecule has 3 heteroatoms. The van der Waals surface area contributed by atoms with Gasteiger partial charge in [0.1, 0.15) is 5.65 Å². The van der Waals surface area contributed by atoms with Crippen molar-refractivity contribution in [1.82, 2.24) is 9.38 Å². The summed E-state index contributed by atoms with van der Waals surface area (Å²) in [6.07, 6.45) is 3.15. The molecule has 22 heavy (non-hydrogen) atoms. The van der Waals surface area contributed by atoms with E-state index in [0.29, 0.717) is 6.54 Å². The van der Waals surface area contributed by atoms with Crippen molar-refractivity contribution in [2.75, 3.05) is 6.54 Å². The molecular formula is C19H23N3. The molecule has 0 fully saturated rings. The molecule has 1 aromatic carbocycles. The minimum Gasteiger partial charge on any atom is -0.330 e. The summed E-state index contributed by atoms with van der Waals surface area (Å²) in [5.41, 5.74) is 12.9. The Kier molecular flexibility index (Phi) is 3.99. The fraction of sp³-hybridized carbons (Fsp3) is 0.316. The molecule has 114 valence electrons. The second kappa shape index (κ2) is 5.93. The van der Waals surface area contributed by atoms with Gasteiger partial charge in [-0.3, -0.25) is 0 Å². The van der Waals surface area contributed by atoms with E-state index in [-0.39, 0.29) is 5.92 Å². The number of hydrogen-bond donors (Lipinski definition) is 1. The number of imidazole rings is 1. The lowest BCUT2D eigenvalue weighted by molar-refractivity contribution is 0.738. The van der Waals surface area contributed by atoms with Crippen LogP contribution in [-0.4, -0.2) is 15.9 Å². The second-order valence-electron chi connectivity index (χ2n) is 5.97. The van der Waals surface area contributed by atoms with Gasteiger partial charge < -0.3 is 10.1 Å². The lowest BCUT2D eigenvalue weighted by Gasteiger charge is -2.12. The predicted octanol–water partition coefficient (Wildman–Crippen LogP) is 3.93. The fourth-order valence-electron chi connectivity index (χ4n) is 2.86. The van der Waals surface area contributed by atoms with Gasteiger partial charge in [-0.15, -0.1) is 0 Å². The van der Waals surface area contributed by atoms with Crippen LogP contribution >= 0.6 is 0 Å². The van der Waals surface area contributed by atoms with E-state index in [1.54, 1.807) is 0 Å². The van der Waals surface area contributed by atoms with Crippen molar-refractivity contribution in [3.05, 3.63) is 59.4 Å². The SMILES string of the molecule is CCc1ccc(-c2nc3cc(C)ccn3c2C(C)CN)cc1. The molecule has 3 rings (SSSR count). The Morgan fingerprint density at radius 3 is 2.55 bits per heavy atom. The summed E-state index contributed by atoms with van der Waals surface area (Å²) in [7, 11) is 0. The van der Waals surface area contributed by atoms with Gasteiger partial charge in [0.15, 0.2) is 0 Å². The van der Waals surface area contributed by atoms with Gasteiger partial charge in [-0.25, -0.2) is 4.98 Å². The van der Waals surface area contributed by atoms with Gasteiger partial charge >= 0.3 is 0 Å². The Morgan fingerprint density at radius 1 is 1.18 bits per heavy atom. The van der Waals surface area contributed by atoms with Gasteiger partial charge in [0.2, 0.25) is 0 Å². The summed E-state index contributed by atoms with van der Waals surface area (Å²) >= 11 is 0. The summed E-state index contributed by atoms with van der Waals surface area (Å²) in [6, 6.07) is 12.9. The Hall–Kier alpha value is -2.13. The largest absolute Gasteiger partial charge is 0.330 e. The van der Waals surface area contributed by atoms with Crippen molar-refractivity contribution in [1.29, 1.82) is 0 Å². The minimum atomic E-state index is 0.263. The average molecular weight is 293 g/mol. The quantitative estimate of drug-likeness (QED) is 0.792. The lowest BCUT2D eigenvalue weighted by Crippen LogP contribution is -2.12. The minimum absolute atomic E-state index is 0.263. The van der Waals surface area contributed by atoms with Crippen molar-refractivity contribution in [2.45, 2.75) is 33.1 Å². The zero-order valence-electron chi connectivity index (χ0n) is 13.5. The first-order valence-electron chi connectivity index (χ1n) is 7.92. The summed E-state index contributed by atoms with van der Waals surface area (Å²) in [5.74, 6) is 0.263. The average Bonchev–Trinajstić information content (AvgIpc) is 2.92. The summed E-state index contributed by atoms with van der Waals surface area (Å²) in [5, 5.41) is 0. The second-order valence-corrected chi connectivity index (χ2v) is 5.97. The molecule has 0 aliphatic heterocycles. The van der Waals surface area contributed by atoms with E-state index < -0.39 is 0 Å². The Bertz CT molecular complexity index is 784. The third-order valence-corrected chi connectivity index (χ3v) is 4.27. The third-order valence-electron chi connectivity index (χ3n) is 4.27. The van der Waals surface area contributed by atoms with Gasteiger partial charge in [-0.05, 0) is 36.6 Å². The van der Waals surface area contributed by atoms with Crippen LogP contribution in [0.5, 0.6) is 0 Å². The first kappa shape index (κ1) is 14.8. The topological polar surface area (TPSA) is 43.3 Å². The molecule has 0 bridgehead atoms. The van der Waals surface area contributed by atoms with Crippen molar-refractivity contribution in [2.24, 2.45) is 5.73 Å². The first-order valence-corrected chi connectivity index (χ1v) is 7.92. The lowest BCUT2D eigenvalue weighted by atomic mass is 10.0. The highest BCUT2D eigenvalue weighted by molar-refractivity contribution is 5.68. The standard InChI is InChI=1S/C19H23N3/c1-4-15-5-7-16(8-6-15)18-19(14(3)12-20)22-10-9-13(2)11-17(22)21-18/h5-11,14H,4,12,20H2,1-3H3. The maximum absolute atomic E-state index is 5.94. The van der Waals surface area contributed by atoms with Gasteiger partial charge in [-0.1, -0.05) is 38.1 Å². The molecule has 1 atom stereocenters. The normalized spacial score (nSPS) is 12.7. The number of hydrogen-bond acceptors (Lipinski definition) is 2. The number of pyridine rings is 1. The number of benzene rings is 1. The first-order chi connectivity index (χ1) is 10.6. The molecule has 3 aromatic rings. The highest BCUT2D eigenvalue weighted by Gasteiger charge is 2.18. The van der Waals surface area contributed by atoms with E-state index in [4.69, 9.17) is 10.7 Å². The van der Waals surface area contributed by atoms with E-state index in [1.807, 2.05) is 0 Å². The van der Waals surface area contributed by atoms with E-state index in [1.165, 1.54) is 16.8 Å². The molecule has 0 spiro atoms. The van der Waals surface area contributed by atoms with Crippen LogP contribution < -0.4 is 5.73 Å². The van der Waals surface area contributed by atoms with Crippen LogP contribution in [0.4, 0.5) is 0 Å². The van der Waals surface area contributed by atoms with Gasteiger partial charge in [-0.2, -0.15) is 0 Å². The third kappa shape index (κ3) is 2.53. The van der Waals surface area contributed by atoms with Crippen LogP contribution in [0.1, 0.15) is 36.6 Å². The van der Waals surface area contributed by atoms with Gasteiger partial charge in [0.25, 0.3) is 0 Å². The van der Waals surface area contributed by atoms with Crippen molar-refractivity contribution in [3.63, 3.8) is 0 Å². The number of rotatable bonds is 4. The molecule has 0 saturated heterocycles. The molecule has 0 saturated carbocycles. The van der Waals surface area contributed by atoms with Crippen molar-refractivity contribution in [3.8, 4) is 11.3 Å². The van der Waals surface area contributed by atoms with Gasteiger partial charge in [0.05, 0.1) is 11.4 Å². The zero-order valence-corrected chi connectivity index (χ0v) is 13.5. The van der Waals surface area contributed by atoms with Gasteiger partial charge in [0, 0.05) is 24.2 Å². The van der Waals surface area contributed by atoms with Crippen LogP contribution in [0, 0.1) is 6.92 Å². The summed E-state index contributed by atoms with van der Waals surface area (Å²) in [6.45, 7) is 7.04. The highest BCUT2D eigenvalue weighted by atomic mass is 15.0. The molecule has 0 radical (unpaired) electrons. The Morgan fingerprint density at radius 2 is 1.91 bits per heavy atom. The van der Waals surface area contributed by atoms with Crippen LogP contribution in [-0.2, 0) is 6.42 Å². The molecule has 1 unspecified atom stereocenters. The highest BCUT2D eigenvalue weighted by Crippen LogP contribution is 2.30. The molecular weight excluding hydrogens is 270 g/mol. The van der Waals surface area contributed by atoms with E-state index in [9.17, 15) is 0 Å². The summed E-state index contributed by atoms with van der Waals surface area (Å²) < 4.78 is 2.17. The van der Waals surface area contributed by atoms with Crippen LogP contribution in [0.2, 0.25) is 0 Å². The maximum atomic E-state index is 5.94. The Labute approximate surface area is 131 Å². The van der Waals surface area contributed by atoms with Crippen molar-refractivity contribution >= 4 is 5.65 Å². The monoisotopic (exact) mass is 293 g/mol. The van der Waals surface area contributed by atoms with E-state index >= 15 is 0 Å². The fourth-order valence-corrected chi connectivity index (χ4v) is 2.86. The number of aromatic nitrogens is 2. The van der Waals surface area contributed by atoms with E-state index in [2.05, 4.69) is 67.8 Å². The van der Waals surface area contributed by atoms with Crippen LogP contribution in [0.25, 0.3) is 16.9 Å². The molecule has 0 aliphatic carbocycles. The van der Waals surface area contributed by atoms with Crippen molar-refractivity contribution < 1.29 is 0 Å². The number of fused-ring (bicyclic) bond motifs is 1. The number of aryl methyl sites for hydroxylation is 2. The molecule has 0 aliphatic rings. The maximum Gasteiger partial charge on any atom is 0.137 e. The molecule has 2 N–H and O–H groups in total. The number of nitrogens with two attached hydrogens (primary N) is 1. The molecule has 2 heterocycles. The van der Waals surface area contributed by atoms with E-state index in [0.717, 1.165) is 23.3 Å². The Balaban J connectivity index is 2.22. The van der Waals surface area contributed by atoms with Crippen LogP contribution in [0.15, 0.2) is 42.6 Å². The predicted molar refractivity (Wildman–Crippen MR) is 92.2 cm³/mol. The van der Waals surface area contributed by atoms with Crippen LogP contribution in [0.3, 0.4) is 0 Å². The number of nitrogens with zero attached hydrogens (tertiary/aromatic N) is 2. The molecule has 3 nitrogen and oxygen atoms in total.